The Hall–Kier alpha value is -1.94. The number of rotatable bonds is 14. The number of hydrogen-bond donors (Lipinski definition) is 1. The molecule has 1 heterocycles. The predicted molar refractivity (Wildman–Crippen MR) is 113 cm³/mol. The Morgan fingerprint density at radius 2 is 1.70 bits per heavy atom. The Morgan fingerprint density at radius 3 is 2.52 bits per heavy atom. The van der Waals surface area contributed by atoms with Crippen LogP contribution in [0.2, 0.25) is 0 Å². The van der Waals surface area contributed by atoms with E-state index in [1.807, 2.05) is 30.3 Å². The van der Waals surface area contributed by atoms with Gasteiger partial charge in [-0.1, -0.05) is 51.5 Å². The average Bonchev–Trinajstić information content (AvgIpc) is 2.68. The monoisotopic (exact) mass is 370 g/mol. The summed E-state index contributed by atoms with van der Waals surface area (Å²) in [6.45, 7) is 4.01. The first-order chi connectivity index (χ1) is 13.3. The van der Waals surface area contributed by atoms with Crippen LogP contribution in [0.1, 0.15) is 71.1 Å². The Bertz CT molecular complexity index is 672. The van der Waals surface area contributed by atoms with Gasteiger partial charge in [-0.25, -0.2) is 0 Å². The molecule has 148 valence electrons. The SMILES string of the molecule is CCCCCCOCCCCCCCC(=O)Nc1ccc2ncccc2c1. The highest BCUT2D eigenvalue weighted by molar-refractivity contribution is 5.93. The molecule has 0 atom stereocenters. The number of carbonyl (C=O) groups is 1. The van der Waals surface area contributed by atoms with Crippen LogP contribution < -0.4 is 5.32 Å². The molecule has 0 fully saturated rings. The summed E-state index contributed by atoms with van der Waals surface area (Å²) in [4.78, 5) is 16.4. The molecule has 1 aromatic carbocycles. The van der Waals surface area contributed by atoms with Gasteiger partial charge in [0.1, 0.15) is 0 Å². The molecule has 1 aromatic heterocycles. The number of hydrogen-bond acceptors (Lipinski definition) is 3. The van der Waals surface area contributed by atoms with E-state index in [-0.39, 0.29) is 5.91 Å². The smallest absolute Gasteiger partial charge is 0.224 e. The minimum Gasteiger partial charge on any atom is -0.381 e. The predicted octanol–water partition coefficient (Wildman–Crippen LogP) is 6.11. The maximum Gasteiger partial charge on any atom is 0.224 e. The van der Waals surface area contributed by atoms with E-state index in [4.69, 9.17) is 4.74 Å². The summed E-state index contributed by atoms with van der Waals surface area (Å²) in [7, 11) is 0. The molecule has 27 heavy (non-hydrogen) atoms. The third-order valence-electron chi connectivity index (χ3n) is 4.72. The Morgan fingerprint density at radius 1 is 0.963 bits per heavy atom. The van der Waals surface area contributed by atoms with Gasteiger partial charge in [0.25, 0.3) is 0 Å². The van der Waals surface area contributed by atoms with Gasteiger partial charge < -0.3 is 10.1 Å². The van der Waals surface area contributed by atoms with Crippen molar-refractivity contribution in [2.24, 2.45) is 0 Å². The summed E-state index contributed by atoms with van der Waals surface area (Å²) in [6, 6.07) is 9.74. The summed E-state index contributed by atoms with van der Waals surface area (Å²) in [5.41, 5.74) is 1.79. The van der Waals surface area contributed by atoms with Crippen molar-refractivity contribution in [1.82, 2.24) is 4.98 Å². The molecule has 1 amide bonds. The number of nitrogens with zero attached hydrogens (tertiary/aromatic N) is 1. The molecule has 0 spiro atoms. The van der Waals surface area contributed by atoms with Crippen molar-refractivity contribution in [2.75, 3.05) is 18.5 Å². The summed E-state index contributed by atoms with van der Waals surface area (Å²) in [5, 5.41) is 4.03. The third-order valence-corrected chi connectivity index (χ3v) is 4.72. The number of aromatic nitrogens is 1. The Kier molecular flexibility index (Phi) is 10.5. The zero-order valence-corrected chi connectivity index (χ0v) is 16.7. The standard InChI is InChI=1S/C23H34N2O2/c1-2-3-4-9-17-27-18-10-7-5-6-8-13-23(26)25-21-14-15-22-20(19-21)12-11-16-24-22/h11-12,14-16,19H,2-10,13,17-18H2,1H3,(H,25,26). The van der Waals surface area contributed by atoms with Crippen molar-refractivity contribution in [3.63, 3.8) is 0 Å². The van der Waals surface area contributed by atoms with Gasteiger partial charge in [0, 0.05) is 36.9 Å². The fraction of sp³-hybridized carbons (Fsp3) is 0.565. The summed E-state index contributed by atoms with van der Waals surface area (Å²) in [6.07, 6.45) is 13.0. The van der Waals surface area contributed by atoms with Crippen molar-refractivity contribution < 1.29 is 9.53 Å². The number of amides is 1. The normalized spacial score (nSPS) is 11.0. The molecule has 0 aliphatic rings. The lowest BCUT2D eigenvalue weighted by Gasteiger charge is -2.07. The second kappa shape index (κ2) is 13.3. The third kappa shape index (κ3) is 9.00. The fourth-order valence-electron chi connectivity index (χ4n) is 3.13. The maximum absolute atomic E-state index is 12.1. The van der Waals surface area contributed by atoms with Crippen LogP contribution in [-0.4, -0.2) is 24.1 Å². The molecular weight excluding hydrogens is 336 g/mol. The zero-order valence-electron chi connectivity index (χ0n) is 16.7. The molecule has 0 saturated heterocycles. The molecule has 4 nitrogen and oxygen atoms in total. The molecule has 2 rings (SSSR count). The first-order valence-electron chi connectivity index (χ1n) is 10.5. The summed E-state index contributed by atoms with van der Waals surface area (Å²) in [5.74, 6) is 0.0913. The van der Waals surface area contributed by atoms with Gasteiger partial charge in [0.2, 0.25) is 5.91 Å². The molecule has 0 aliphatic carbocycles. The molecule has 0 saturated carbocycles. The highest BCUT2D eigenvalue weighted by Gasteiger charge is 2.03. The molecule has 0 bridgehead atoms. The van der Waals surface area contributed by atoms with Gasteiger partial charge in [-0.15, -0.1) is 0 Å². The lowest BCUT2D eigenvalue weighted by molar-refractivity contribution is -0.116. The van der Waals surface area contributed by atoms with Crippen molar-refractivity contribution in [1.29, 1.82) is 0 Å². The minimum atomic E-state index is 0.0913. The van der Waals surface area contributed by atoms with Gasteiger partial charge >= 0.3 is 0 Å². The van der Waals surface area contributed by atoms with Gasteiger partial charge in [0.05, 0.1) is 5.52 Å². The van der Waals surface area contributed by atoms with E-state index in [1.165, 1.54) is 38.5 Å². The van der Waals surface area contributed by atoms with Crippen LogP contribution in [0.3, 0.4) is 0 Å². The number of nitrogens with one attached hydrogen (secondary N) is 1. The lowest BCUT2D eigenvalue weighted by Crippen LogP contribution is -2.11. The second-order valence-electron chi connectivity index (χ2n) is 7.15. The van der Waals surface area contributed by atoms with Gasteiger partial charge in [-0.2, -0.15) is 0 Å². The number of anilines is 1. The van der Waals surface area contributed by atoms with E-state index < -0.39 is 0 Å². The van der Waals surface area contributed by atoms with E-state index in [0.29, 0.717) is 6.42 Å². The van der Waals surface area contributed by atoms with Gasteiger partial charge in [-0.3, -0.25) is 9.78 Å². The highest BCUT2D eigenvalue weighted by Crippen LogP contribution is 2.17. The molecule has 1 N–H and O–H groups in total. The van der Waals surface area contributed by atoms with Crippen molar-refractivity contribution >= 4 is 22.5 Å². The largest absolute Gasteiger partial charge is 0.381 e. The molecule has 2 aromatic rings. The quantitative estimate of drug-likeness (QED) is 0.408. The highest BCUT2D eigenvalue weighted by atomic mass is 16.5. The molecule has 4 heteroatoms. The fourth-order valence-corrected chi connectivity index (χ4v) is 3.13. The van der Waals surface area contributed by atoms with E-state index in [0.717, 1.165) is 49.1 Å². The lowest BCUT2D eigenvalue weighted by atomic mass is 10.1. The van der Waals surface area contributed by atoms with Crippen LogP contribution in [0.25, 0.3) is 10.9 Å². The van der Waals surface area contributed by atoms with E-state index >= 15 is 0 Å². The van der Waals surface area contributed by atoms with E-state index in [2.05, 4.69) is 17.2 Å². The van der Waals surface area contributed by atoms with E-state index in [9.17, 15) is 4.79 Å². The maximum atomic E-state index is 12.1. The number of fused-ring (bicyclic) bond motifs is 1. The van der Waals surface area contributed by atoms with Crippen LogP contribution >= 0.6 is 0 Å². The van der Waals surface area contributed by atoms with Crippen LogP contribution in [0.4, 0.5) is 5.69 Å². The molecule has 0 radical (unpaired) electrons. The minimum absolute atomic E-state index is 0.0913. The van der Waals surface area contributed by atoms with E-state index in [1.54, 1.807) is 6.20 Å². The van der Waals surface area contributed by atoms with Crippen LogP contribution in [0, 0.1) is 0 Å². The zero-order chi connectivity index (χ0) is 19.2. The number of benzene rings is 1. The molecule has 0 unspecified atom stereocenters. The first-order valence-corrected chi connectivity index (χ1v) is 10.5. The number of pyridine rings is 1. The first kappa shape index (κ1) is 21.4. The van der Waals surface area contributed by atoms with Crippen LogP contribution in [-0.2, 0) is 9.53 Å². The van der Waals surface area contributed by atoms with Crippen molar-refractivity contribution in [3.05, 3.63) is 36.5 Å². The van der Waals surface area contributed by atoms with Gasteiger partial charge in [-0.05, 0) is 43.5 Å². The summed E-state index contributed by atoms with van der Waals surface area (Å²) < 4.78 is 5.65. The van der Waals surface area contributed by atoms with Crippen LogP contribution in [0.5, 0.6) is 0 Å². The van der Waals surface area contributed by atoms with Crippen LogP contribution in [0.15, 0.2) is 36.5 Å². The second-order valence-corrected chi connectivity index (χ2v) is 7.15. The average molecular weight is 371 g/mol. The Labute approximate surface area is 163 Å². The summed E-state index contributed by atoms with van der Waals surface area (Å²) >= 11 is 0. The number of ether oxygens (including phenoxy) is 1. The van der Waals surface area contributed by atoms with Gasteiger partial charge in [0.15, 0.2) is 0 Å². The van der Waals surface area contributed by atoms with Crippen molar-refractivity contribution in [2.45, 2.75) is 71.1 Å². The number of unbranched alkanes of at least 4 members (excludes halogenated alkanes) is 7. The topological polar surface area (TPSA) is 51.2 Å². The number of carbonyl (C=O) groups excluding carboxylic acids is 1. The van der Waals surface area contributed by atoms with Crippen molar-refractivity contribution in [3.8, 4) is 0 Å². The molecule has 0 aliphatic heterocycles. The Balaban J connectivity index is 1.47. The molecular formula is C23H34N2O2.